The number of aliphatic hydroxyl groups is 7. The molecule has 14 heteroatoms. The minimum atomic E-state index is -5.16. The molecular formula is C55H104NO12P. The third kappa shape index (κ3) is 35.3. The Labute approximate surface area is 419 Å². The lowest BCUT2D eigenvalue weighted by atomic mass is 9.85. The van der Waals surface area contributed by atoms with Gasteiger partial charge in [0, 0.05) is 0 Å². The molecule has 8 atom stereocenters. The number of unbranched alkanes of at least 4 members (excludes halogenated alkanes) is 30. The summed E-state index contributed by atoms with van der Waals surface area (Å²) < 4.78 is 23.0. The number of phosphoric acid groups is 1. The highest BCUT2D eigenvalue weighted by Gasteiger charge is 2.51. The second kappa shape index (κ2) is 44.0. The van der Waals surface area contributed by atoms with Crippen LogP contribution in [0, 0.1) is 0 Å². The van der Waals surface area contributed by atoms with Crippen molar-refractivity contribution in [2.75, 3.05) is 6.61 Å². The van der Waals surface area contributed by atoms with E-state index in [1.807, 2.05) is 0 Å². The van der Waals surface area contributed by atoms with E-state index >= 15 is 0 Å². The van der Waals surface area contributed by atoms with Crippen LogP contribution in [-0.4, -0.2) is 108 Å². The van der Waals surface area contributed by atoms with Gasteiger partial charge in [0.25, 0.3) is 0 Å². The number of amides is 1. The van der Waals surface area contributed by atoms with E-state index in [1.165, 1.54) is 154 Å². The lowest BCUT2D eigenvalue weighted by molar-refractivity contribution is -0.220. The summed E-state index contributed by atoms with van der Waals surface area (Å²) in [7, 11) is -5.16. The zero-order chi connectivity index (χ0) is 50.8. The van der Waals surface area contributed by atoms with Crippen molar-refractivity contribution in [1.82, 2.24) is 5.32 Å². The molecule has 1 fully saturated rings. The number of hydrogen-bond donors (Lipinski definition) is 9. The monoisotopic (exact) mass is 1000 g/mol. The molecular weight excluding hydrogens is 898 g/mol. The van der Waals surface area contributed by atoms with Crippen molar-refractivity contribution >= 4 is 13.7 Å². The lowest BCUT2D eigenvalue weighted by Crippen LogP contribution is -2.64. The number of carbonyl (C=O) groups excluding carboxylic acids is 1. The van der Waals surface area contributed by atoms with Crippen molar-refractivity contribution in [3.05, 3.63) is 36.5 Å². The average molecular weight is 1000 g/mol. The van der Waals surface area contributed by atoms with Crippen LogP contribution in [0.25, 0.3) is 0 Å². The molecule has 8 unspecified atom stereocenters. The van der Waals surface area contributed by atoms with Gasteiger partial charge in [0.2, 0.25) is 5.91 Å². The van der Waals surface area contributed by atoms with Gasteiger partial charge in [-0.25, -0.2) is 4.57 Å². The molecule has 0 aromatic carbocycles. The summed E-state index contributed by atoms with van der Waals surface area (Å²) in [6, 6.07) is -1.26. The first kappa shape index (κ1) is 65.5. The van der Waals surface area contributed by atoms with Crippen LogP contribution in [0.5, 0.6) is 0 Å². The van der Waals surface area contributed by atoms with Crippen molar-refractivity contribution in [3.8, 4) is 0 Å². The molecule has 0 aromatic heterocycles. The molecule has 9 N–H and O–H groups in total. The summed E-state index contributed by atoms with van der Waals surface area (Å²) >= 11 is 0. The Bertz CT molecular complexity index is 1320. The highest BCUT2D eigenvalue weighted by molar-refractivity contribution is 7.47. The molecule has 1 rings (SSSR count). The number of phosphoric ester groups is 1. The lowest BCUT2D eigenvalue weighted by Gasteiger charge is -2.41. The van der Waals surface area contributed by atoms with Gasteiger partial charge in [-0.2, -0.15) is 0 Å². The molecule has 1 saturated carbocycles. The quantitative estimate of drug-likeness (QED) is 0.0158. The Morgan fingerprint density at radius 2 is 0.855 bits per heavy atom. The molecule has 69 heavy (non-hydrogen) atoms. The van der Waals surface area contributed by atoms with Crippen LogP contribution < -0.4 is 5.32 Å². The van der Waals surface area contributed by atoms with E-state index < -0.39 is 75.2 Å². The van der Waals surface area contributed by atoms with Crippen LogP contribution in [0.3, 0.4) is 0 Å². The van der Waals surface area contributed by atoms with Gasteiger partial charge in [0.05, 0.1) is 31.3 Å². The molecule has 0 aromatic rings. The van der Waals surface area contributed by atoms with Gasteiger partial charge in [-0.3, -0.25) is 13.8 Å². The topological polar surface area (TPSA) is 226 Å². The van der Waals surface area contributed by atoms with Gasteiger partial charge in [0.1, 0.15) is 36.6 Å². The van der Waals surface area contributed by atoms with Crippen LogP contribution in [0.1, 0.15) is 245 Å². The second-order valence-corrected chi connectivity index (χ2v) is 21.4. The van der Waals surface area contributed by atoms with Crippen LogP contribution in [-0.2, 0) is 18.4 Å². The normalized spacial score (nSPS) is 22.2. The van der Waals surface area contributed by atoms with Crippen LogP contribution >= 0.6 is 7.82 Å². The van der Waals surface area contributed by atoms with E-state index in [4.69, 9.17) is 9.05 Å². The molecule has 406 valence electrons. The SMILES string of the molecule is CCCCCCCCCCCC/C=C\CCCCCCCC(O)CC(=O)NC(COP(=O)(O)OC1C(O)C(O)C(O)C(O)C1O)C(O)/C=C/CC/C=C/CCCCCCCCCCCCCCCC. The number of allylic oxidation sites excluding steroid dienone is 5. The van der Waals surface area contributed by atoms with Crippen molar-refractivity contribution < 1.29 is 59.0 Å². The Morgan fingerprint density at radius 1 is 0.507 bits per heavy atom. The molecule has 1 aliphatic rings. The summed E-state index contributed by atoms with van der Waals surface area (Å²) in [4.78, 5) is 23.6. The first-order valence-corrected chi connectivity index (χ1v) is 29.5. The smallest absolute Gasteiger partial charge is 0.393 e. The molecule has 0 aliphatic heterocycles. The first-order valence-electron chi connectivity index (χ1n) is 28.0. The maximum absolute atomic E-state index is 13.1. The van der Waals surface area contributed by atoms with Gasteiger partial charge in [-0.15, -0.1) is 0 Å². The van der Waals surface area contributed by atoms with E-state index in [9.17, 15) is 50.0 Å². The largest absolute Gasteiger partial charge is 0.472 e. The molecule has 1 aliphatic carbocycles. The van der Waals surface area contributed by atoms with Crippen LogP contribution in [0.4, 0.5) is 0 Å². The molecule has 0 saturated heterocycles. The van der Waals surface area contributed by atoms with E-state index in [0.717, 1.165) is 64.2 Å². The van der Waals surface area contributed by atoms with Gasteiger partial charge in [-0.1, -0.05) is 217 Å². The van der Waals surface area contributed by atoms with E-state index in [1.54, 1.807) is 6.08 Å². The standard InChI is InChI=1S/C55H104NO12P/c1-3-5-7-9-11-13-15-17-19-21-23-25-27-29-31-33-35-37-39-41-43-48(58)47(45-67-69(65,66)68-55-53(63)51(61)50(60)52(62)54(55)64)56-49(59)44-46(57)42-40-38-36-34-32-30-28-26-24-22-20-18-16-14-12-10-8-6-4-2/h26,28,33,35,41,43,46-48,50-55,57-58,60-64H,3-25,27,29-32,34,36-40,42,44-45H2,1-2H3,(H,56,59)(H,65,66)/b28-26-,35-33+,43-41+. The third-order valence-electron chi connectivity index (χ3n) is 13.4. The van der Waals surface area contributed by atoms with E-state index in [-0.39, 0.29) is 6.42 Å². The summed E-state index contributed by atoms with van der Waals surface area (Å²) in [5.74, 6) is -0.605. The molecule has 0 heterocycles. The Morgan fingerprint density at radius 3 is 1.28 bits per heavy atom. The van der Waals surface area contributed by atoms with Crippen LogP contribution in [0.15, 0.2) is 36.5 Å². The maximum Gasteiger partial charge on any atom is 0.472 e. The van der Waals surface area contributed by atoms with Gasteiger partial charge < -0.3 is 46.0 Å². The summed E-state index contributed by atoms with van der Waals surface area (Å²) in [6.45, 7) is 3.77. The Kier molecular flexibility index (Phi) is 41.8. The zero-order valence-electron chi connectivity index (χ0n) is 43.5. The number of aliphatic hydroxyl groups excluding tert-OH is 7. The fourth-order valence-corrected chi connectivity index (χ4v) is 9.87. The van der Waals surface area contributed by atoms with Crippen LogP contribution in [0.2, 0.25) is 0 Å². The van der Waals surface area contributed by atoms with Crippen molar-refractivity contribution in [1.29, 1.82) is 0 Å². The first-order chi connectivity index (χ1) is 33.3. The summed E-state index contributed by atoms with van der Waals surface area (Å²) in [5, 5.41) is 74.8. The second-order valence-electron chi connectivity index (χ2n) is 20.0. The minimum absolute atomic E-state index is 0.257. The molecule has 1 amide bonds. The van der Waals surface area contributed by atoms with Gasteiger partial charge in [0.15, 0.2) is 0 Å². The maximum atomic E-state index is 13.1. The summed E-state index contributed by atoms with van der Waals surface area (Å²) in [5.41, 5.74) is 0. The number of carbonyl (C=O) groups is 1. The predicted molar refractivity (Wildman–Crippen MR) is 280 cm³/mol. The third-order valence-corrected chi connectivity index (χ3v) is 14.4. The Balaban J connectivity index is 2.47. The fraction of sp³-hybridized carbons (Fsp3) is 0.873. The predicted octanol–water partition coefficient (Wildman–Crippen LogP) is 11.3. The van der Waals surface area contributed by atoms with Crippen molar-refractivity contribution in [2.24, 2.45) is 0 Å². The highest BCUT2D eigenvalue weighted by atomic mass is 31.2. The van der Waals surface area contributed by atoms with E-state index in [0.29, 0.717) is 12.8 Å². The zero-order valence-corrected chi connectivity index (χ0v) is 44.4. The summed E-state index contributed by atoms with van der Waals surface area (Å²) in [6.07, 6.45) is 39.4. The minimum Gasteiger partial charge on any atom is -0.393 e. The molecule has 13 nitrogen and oxygen atoms in total. The van der Waals surface area contributed by atoms with Crippen molar-refractivity contribution in [3.63, 3.8) is 0 Å². The number of hydrogen-bond acceptors (Lipinski definition) is 11. The molecule has 0 spiro atoms. The van der Waals surface area contributed by atoms with Gasteiger partial charge >= 0.3 is 7.82 Å². The Hall–Kier alpha value is -1.48. The fourth-order valence-electron chi connectivity index (χ4n) is 8.90. The van der Waals surface area contributed by atoms with Gasteiger partial charge in [-0.05, 0) is 57.8 Å². The molecule has 0 radical (unpaired) electrons. The van der Waals surface area contributed by atoms with Crippen molar-refractivity contribution in [2.45, 2.75) is 300 Å². The molecule has 0 bridgehead atoms. The number of rotatable bonds is 47. The number of nitrogens with one attached hydrogen (secondary N) is 1. The highest BCUT2D eigenvalue weighted by Crippen LogP contribution is 2.47. The average Bonchev–Trinajstić information content (AvgIpc) is 3.32. The van der Waals surface area contributed by atoms with E-state index in [2.05, 4.69) is 43.5 Å².